The van der Waals surface area contributed by atoms with Crippen molar-refractivity contribution in [1.82, 2.24) is 5.32 Å². The summed E-state index contributed by atoms with van der Waals surface area (Å²) in [6.07, 6.45) is 2.62. The van der Waals surface area contributed by atoms with Crippen molar-refractivity contribution in [1.29, 1.82) is 0 Å². The summed E-state index contributed by atoms with van der Waals surface area (Å²) in [4.78, 5) is 10.4. The number of allylic oxidation sites excluding steroid dienone is 1. The molecule has 3 heteroatoms. The van der Waals surface area contributed by atoms with Crippen LogP contribution in [-0.4, -0.2) is 17.1 Å². The van der Waals surface area contributed by atoms with Crippen LogP contribution >= 0.6 is 0 Å². The maximum absolute atomic E-state index is 10.4. The van der Waals surface area contributed by atoms with Crippen LogP contribution in [0.1, 0.15) is 6.42 Å². The van der Waals surface area contributed by atoms with Crippen LogP contribution in [0.4, 0.5) is 0 Å². The Morgan fingerprint density at radius 1 is 1.88 bits per heavy atom. The first-order valence-electron chi connectivity index (χ1n) is 2.42. The van der Waals surface area contributed by atoms with Gasteiger partial charge >= 0.3 is 0 Å². The molecule has 0 saturated carbocycles. The van der Waals surface area contributed by atoms with Crippen LogP contribution in [0.5, 0.6) is 0 Å². The highest BCUT2D eigenvalue weighted by Gasteiger charge is 2.13. The molecule has 0 spiro atoms. The average Bonchev–Trinajstić information content (AvgIpc) is 1.77. The summed E-state index contributed by atoms with van der Waals surface area (Å²) in [5.41, 5.74) is 0. The van der Waals surface area contributed by atoms with Crippen molar-refractivity contribution in [2.24, 2.45) is 0 Å². The summed E-state index contributed by atoms with van der Waals surface area (Å²) in [6.45, 7) is 0. The van der Waals surface area contributed by atoms with Gasteiger partial charge in [0.1, 0.15) is 0 Å². The highest BCUT2D eigenvalue weighted by molar-refractivity contribution is 5.84. The number of aliphatic hydroxyl groups is 1. The number of ketones is 1. The molecular weight excluding hydrogens is 106 g/mol. The van der Waals surface area contributed by atoms with Gasteiger partial charge in [0.25, 0.3) is 0 Å². The third-order valence-corrected chi connectivity index (χ3v) is 0.996. The van der Waals surface area contributed by atoms with E-state index in [1.807, 2.05) is 0 Å². The smallest absolute Gasteiger partial charge is 0.185 e. The van der Waals surface area contributed by atoms with E-state index in [9.17, 15) is 4.79 Å². The molecule has 0 fully saturated rings. The molecule has 1 aliphatic rings. The fourth-order valence-electron chi connectivity index (χ4n) is 0.539. The summed E-state index contributed by atoms with van der Waals surface area (Å²) in [5, 5.41) is 11.1. The predicted octanol–water partition coefficient (Wildman–Crippen LogP) is -0.619. The number of carbonyl (C=O) groups excluding carboxylic acids is 1. The van der Waals surface area contributed by atoms with Gasteiger partial charge in [-0.15, -0.1) is 0 Å². The molecule has 0 radical (unpaired) electrons. The van der Waals surface area contributed by atoms with Gasteiger partial charge in [-0.25, -0.2) is 0 Å². The lowest BCUT2D eigenvalue weighted by atomic mass is 10.2. The number of hydrogen-bond acceptors (Lipinski definition) is 3. The van der Waals surface area contributed by atoms with Crippen LogP contribution in [0.25, 0.3) is 0 Å². The topological polar surface area (TPSA) is 49.3 Å². The van der Waals surface area contributed by atoms with E-state index < -0.39 is 6.23 Å². The van der Waals surface area contributed by atoms with E-state index in [1.54, 1.807) is 12.3 Å². The number of carbonyl (C=O) groups is 1. The second-order valence-corrected chi connectivity index (χ2v) is 1.64. The van der Waals surface area contributed by atoms with Crippen molar-refractivity contribution in [2.45, 2.75) is 12.6 Å². The van der Waals surface area contributed by atoms with Gasteiger partial charge < -0.3 is 10.4 Å². The summed E-state index contributed by atoms with van der Waals surface area (Å²) in [6, 6.07) is 0. The van der Waals surface area contributed by atoms with Crippen molar-refractivity contribution in [2.75, 3.05) is 0 Å². The van der Waals surface area contributed by atoms with Crippen LogP contribution < -0.4 is 5.32 Å². The minimum Gasteiger partial charge on any atom is -0.367 e. The molecule has 0 aliphatic carbocycles. The highest BCUT2D eigenvalue weighted by atomic mass is 16.3. The Morgan fingerprint density at radius 3 is 3.00 bits per heavy atom. The van der Waals surface area contributed by atoms with Gasteiger partial charge in [-0.2, -0.15) is 0 Å². The molecule has 0 aromatic rings. The SMILES string of the molecule is O=C1CC=CNC1O. The molecule has 8 heavy (non-hydrogen) atoms. The predicted molar refractivity (Wildman–Crippen MR) is 27.9 cm³/mol. The molecule has 44 valence electrons. The van der Waals surface area contributed by atoms with Gasteiger partial charge in [-0.05, 0) is 6.20 Å². The maximum atomic E-state index is 10.4. The van der Waals surface area contributed by atoms with E-state index in [-0.39, 0.29) is 5.78 Å². The first kappa shape index (κ1) is 5.31. The molecule has 1 heterocycles. The Hall–Kier alpha value is -0.830. The monoisotopic (exact) mass is 113 g/mol. The molecular formula is C5H7NO2. The Kier molecular flexibility index (Phi) is 1.30. The molecule has 0 saturated heterocycles. The van der Waals surface area contributed by atoms with E-state index >= 15 is 0 Å². The third-order valence-electron chi connectivity index (χ3n) is 0.996. The molecule has 0 aromatic carbocycles. The second kappa shape index (κ2) is 1.96. The van der Waals surface area contributed by atoms with Crippen LogP contribution in [0, 0.1) is 0 Å². The lowest BCUT2D eigenvalue weighted by Crippen LogP contribution is -2.34. The lowest BCUT2D eigenvalue weighted by Gasteiger charge is -2.11. The van der Waals surface area contributed by atoms with E-state index in [1.165, 1.54) is 0 Å². The van der Waals surface area contributed by atoms with Crippen molar-refractivity contribution in [3.8, 4) is 0 Å². The van der Waals surface area contributed by atoms with Crippen LogP contribution in [0.15, 0.2) is 12.3 Å². The normalized spacial score (nSPS) is 27.6. The van der Waals surface area contributed by atoms with Crippen molar-refractivity contribution in [3.05, 3.63) is 12.3 Å². The zero-order chi connectivity index (χ0) is 5.98. The van der Waals surface area contributed by atoms with Gasteiger partial charge in [-0.3, -0.25) is 4.79 Å². The molecule has 3 nitrogen and oxygen atoms in total. The minimum atomic E-state index is -0.972. The average molecular weight is 113 g/mol. The zero-order valence-corrected chi connectivity index (χ0v) is 4.29. The third kappa shape index (κ3) is 0.869. The van der Waals surface area contributed by atoms with E-state index in [0.717, 1.165) is 0 Å². The summed E-state index contributed by atoms with van der Waals surface area (Å²) < 4.78 is 0. The Balaban J connectivity index is 2.57. The summed E-state index contributed by atoms with van der Waals surface area (Å²) >= 11 is 0. The Labute approximate surface area is 47.0 Å². The molecule has 1 rings (SSSR count). The van der Waals surface area contributed by atoms with E-state index in [4.69, 9.17) is 5.11 Å². The Morgan fingerprint density at radius 2 is 2.62 bits per heavy atom. The molecule has 1 aliphatic heterocycles. The molecule has 0 aromatic heterocycles. The van der Waals surface area contributed by atoms with Crippen LogP contribution in [-0.2, 0) is 4.79 Å². The molecule has 2 N–H and O–H groups in total. The zero-order valence-electron chi connectivity index (χ0n) is 4.29. The quantitative estimate of drug-likeness (QED) is 0.440. The Bertz CT molecular complexity index is 130. The second-order valence-electron chi connectivity index (χ2n) is 1.64. The van der Waals surface area contributed by atoms with Gasteiger partial charge in [-0.1, -0.05) is 6.08 Å². The molecule has 0 amide bonds. The number of nitrogens with one attached hydrogen (secondary N) is 1. The van der Waals surface area contributed by atoms with Crippen LogP contribution in [0.3, 0.4) is 0 Å². The highest BCUT2D eigenvalue weighted by Crippen LogP contribution is 1.94. The summed E-state index contributed by atoms with van der Waals surface area (Å²) in [5.74, 6) is -0.174. The van der Waals surface area contributed by atoms with Gasteiger partial charge in [0.05, 0.1) is 0 Å². The van der Waals surface area contributed by atoms with Crippen molar-refractivity contribution >= 4 is 5.78 Å². The fraction of sp³-hybridized carbons (Fsp3) is 0.400. The fourth-order valence-corrected chi connectivity index (χ4v) is 0.539. The standard InChI is InChI=1S/C5H7NO2/c7-4-2-1-3-6-5(4)8/h1,3,5-6,8H,2H2. The van der Waals surface area contributed by atoms with Gasteiger partial charge in [0, 0.05) is 6.42 Å². The summed E-state index contributed by atoms with van der Waals surface area (Å²) in [7, 11) is 0. The first-order valence-corrected chi connectivity index (χ1v) is 2.42. The van der Waals surface area contributed by atoms with Crippen molar-refractivity contribution in [3.63, 3.8) is 0 Å². The van der Waals surface area contributed by atoms with Crippen LogP contribution in [0.2, 0.25) is 0 Å². The number of aliphatic hydroxyl groups excluding tert-OH is 1. The largest absolute Gasteiger partial charge is 0.367 e. The number of hydrogen-bond donors (Lipinski definition) is 2. The van der Waals surface area contributed by atoms with Gasteiger partial charge in [0.2, 0.25) is 0 Å². The minimum absolute atomic E-state index is 0.174. The van der Waals surface area contributed by atoms with Crippen molar-refractivity contribution < 1.29 is 9.90 Å². The molecule has 1 unspecified atom stereocenters. The maximum Gasteiger partial charge on any atom is 0.185 e. The number of rotatable bonds is 0. The lowest BCUT2D eigenvalue weighted by molar-refractivity contribution is -0.127. The van der Waals surface area contributed by atoms with Gasteiger partial charge in [0.15, 0.2) is 12.0 Å². The van der Waals surface area contributed by atoms with E-state index in [0.29, 0.717) is 6.42 Å². The number of Topliss-reactive ketones (excluding diaryl/α,β-unsaturated/α-hetero) is 1. The molecule has 1 atom stereocenters. The molecule has 0 bridgehead atoms. The van der Waals surface area contributed by atoms with E-state index in [2.05, 4.69) is 5.32 Å². The first-order chi connectivity index (χ1) is 3.80.